The van der Waals surface area contributed by atoms with Gasteiger partial charge in [-0.05, 0) is 38.1 Å². The van der Waals surface area contributed by atoms with Crippen molar-refractivity contribution in [1.82, 2.24) is 4.90 Å². The third-order valence-corrected chi connectivity index (χ3v) is 4.12. The van der Waals surface area contributed by atoms with Gasteiger partial charge in [0.15, 0.2) is 0 Å². The fourth-order valence-electron chi connectivity index (χ4n) is 2.87. The minimum atomic E-state index is -5.79. The highest BCUT2D eigenvalue weighted by molar-refractivity contribution is 5.66. The number of hydrogen-bond acceptors (Lipinski definition) is 5. The van der Waals surface area contributed by atoms with Gasteiger partial charge in [0.05, 0.1) is 5.56 Å². The molecule has 1 aliphatic heterocycles. The van der Waals surface area contributed by atoms with Crippen LogP contribution in [0.3, 0.4) is 0 Å². The molecule has 1 heterocycles. The van der Waals surface area contributed by atoms with Gasteiger partial charge in [0.1, 0.15) is 18.5 Å². The maximum atomic E-state index is 13.8. The predicted octanol–water partition coefficient (Wildman–Crippen LogP) is 3.33. The molecule has 1 saturated heterocycles. The first-order valence-electron chi connectivity index (χ1n) is 8.37. The van der Waals surface area contributed by atoms with Crippen molar-refractivity contribution in [3.63, 3.8) is 0 Å². The van der Waals surface area contributed by atoms with Crippen molar-refractivity contribution in [1.29, 1.82) is 0 Å². The van der Waals surface area contributed by atoms with Crippen LogP contribution in [0, 0.1) is 0 Å². The van der Waals surface area contributed by atoms with Gasteiger partial charge in [-0.25, -0.2) is 0 Å². The van der Waals surface area contributed by atoms with Gasteiger partial charge in [0.2, 0.25) is 0 Å². The molecule has 2 rings (SSSR count). The van der Waals surface area contributed by atoms with Crippen LogP contribution in [0.4, 0.5) is 27.6 Å². The van der Waals surface area contributed by atoms with Crippen molar-refractivity contribution in [2.45, 2.75) is 38.0 Å². The monoisotopic (exact) mass is 396 g/mol. The second-order valence-electron chi connectivity index (χ2n) is 6.38. The summed E-state index contributed by atoms with van der Waals surface area (Å²) < 4.78 is 76.1. The Bertz CT molecular complexity index is 660. The van der Waals surface area contributed by atoms with Gasteiger partial charge < -0.3 is 15.2 Å². The number of alkyl halides is 5. The number of nitrogen functional groups attached to an aromatic ring is 1. The number of benzene rings is 1. The minimum Gasteiger partial charge on any atom is -0.489 e. The quantitative estimate of drug-likeness (QED) is 0.435. The molecule has 27 heavy (non-hydrogen) atoms. The van der Waals surface area contributed by atoms with Crippen molar-refractivity contribution in [3.05, 3.63) is 23.8 Å². The molecular formula is C17H21F5N2O3. The van der Waals surface area contributed by atoms with Gasteiger partial charge in [-0.15, -0.1) is 0 Å². The van der Waals surface area contributed by atoms with Gasteiger partial charge in [0, 0.05) is 25.2 Å². The van der Waals surface area contributed by atoms with Crippen molar-refractivity contribution < 1.29 is 36.2 Å². The molecule has 1 fully saturated rings. The van der Waals surface area contributed by atoms with E-state index in [-0.39, 0.29) is 12.3 Å². The summed E-state index contributed by atoms with van der Waals surface area (Å²) in [6, 6.07) is 2.42. The first-order valence-corrected chi connectivity index (χ1v) is 8.37. The molecule has 1 aromatic rings. The van der Waals surface area contributed by atoms with E-state index in [0.29, 0.717) is 12.6 Å². The van der Waals surface area contributed by atoms with Crippen molar-refractivity contribution >= 4 is 11.7 Å². The summed E-state index contributed by atoms with van der Waals surface area (Å²) in [6.07, 6.45) is -4.64. The number of rotatable bonds is 7. The molecule has 0 aliphatic carbocycles. The first kappa shape index (κ1) is 21.2. The molecule has 0 radical (unpaired) electrons. The number of likely N-dealkylation sites (tertiary alicyclic amines) is 1. The lowest BCUT2D eigenvalue weighted by Gasteiger charge is -2.26. The molecular weight excluding hydrogens is 375 g/mol. The maximum absolute atomic E-state index is 13.8. The predicted molar refractivity (Wildman–Crippen MR) is 87.5 cm³/mol. The summed E-state index contributed by atoms with van der Waals surface area (Å²) in [7, 11) is 0. The molecule has 152 valence electrons. The summed E-state index contributed by atoms with van der Waals surface area (Å²) >= 11 is 0. The average molecular weight is 396 g/mol. The Morgan fingerprint density at radius 3 is 2.41 bits per heavy atom. The highest BCUT2D eigenvalue weighted by atomic mass is 19.4. The van der Waals surface area contributed by atoms with E-state index < -0.39 is 35.5 Å². The molecule has 0 amide bonds. The zero-order chi connectivity index (χ0) is 20.2. The Hall–Kier alpha value is -2.10. The van der Waals surface area contributed by atoms with E-state index in [0.717, 1.165) is 38.1 Å². The normalized spacial score (nSPS) is 17.0. The van der Waals surface area contributed by atoms with Crippen molar-refractivity contribution in [3.8, 4) is 5.75 Å². The third kappa shape index (κ3) is 5.44. The van der Waals surface area contributed by atoms with E-state index in [2.05, 4.69) is 0 Å². The van der Waals surface area contributed by atoms with E-state index in [4.69, 9.17) is 15.2 Å². The smallest absolute Gasteiger partial charge is 0.458 e. The fourth-order valence-corrected chi connectivity index (χ4v) is 2.87. The molecule has 0 bridgehead atoms. The summed E-state index contributed by atoms with van der Waals surface area (Å²) in [5, 5.41) is 0. The van der Waals surface area contributed by atoms with Gasteiger partial charge in [-0.1, -0.05) is 0 Å². The van der Waals surface area contributed by atoms with Gasteiger partial charge in [-0.3, -0.25) is 9.69 Å². The summed E-state index contributed by atoms with van der Waals surface area (Å²) in [4.78, 5) is 13.3. The number of ether oxygens (including phenoxy) is 2. The molecule has 1 atom stereocenters. The number of anilines is 1. The number of nitrogens with two attached hydrogens (primary N) is 1. The topological polar surface area (TPSA) is 64.8 Å². The lowest BCUT2D eigenvalue weighted by atomic mass is 10.1. The van der Waals surface area contributed by atoms with Crippen LogP contribution in [0.5, 0.6) is 5.75 Å². The molecule has 10 heteroatoms. The standard InChI is InChI=1S/C17H21F5N2O3/c1-11(25)27-13(9-24-6-2-3-7-24)10-26-15-8-12(23)4-5-14(15)16(18,19)17(20,21)22/h4-5,8,13H,2-3,6-7,9-10,23H2,1H3/t13-/m1/s1. The molecule has 0 unspecified atom stereocenters. The number of carbonyl (C=O) groups is 1. The number of esters is 1. The molecule has 1 aromatic carbocycles. The van der Waals surface area contributed by atoms with Crippen LogP contribution in [0.15, 0.2) is 18.2 Å². The Morgan fingerprint density at radius 2 is 1.85 bits per heavy atom. The summed E-state index contributed by atoms with van der Waals surface area (Å²) in [5.41, 5.74) is 4.13. The molecule has 0 spiro atoms. The van der Waals surface area contributed by atoms with E-state index in [1.54, 1.807) is 0 Å². The van der Waals surface area contributed by atoms with Crippen LogP contribution in [0.25, 0.3) is 0 Å². The van der Waals surface area contributed by atoms with Crippen LogP contribution in [-0.4, -0.2) is 49.4 Å². The van der Waals surface area contributed by atoms with Crippen LogP contribution < -0.4 is 10.5 Å². The second kappa shape index (κ2) is 8.28. The Morgan fingerprint density at radius 1 is 1.22 bits per heavy atom. The second-order valence-corrected chi connectivity index (χ2v) is 6.38. The van der Waals surface area contributed by atoms with Crippen LogP contribution in [0.2, 0.25) is 0 Å². The van der Waals surface area contributed by atoms with Crippen LogP contribution in [0.1, 0.15) is 25.3 Å². The highest BCUT2D eigenvalue weighted by Gasteiger charge is 2.60. The summed E-state index contributed by atoms with van der Waals surface area (Å²) in [5.74, 6) is -6.41. The van der Waals surface area contributed by atoms with E-state index in [1.165, 1.54) is 6.92 Å². The summed E-state index contributed by atoms with van der Waals surface area (Å²) in [6.45, 7) is 2.68. The Balaban J connectivity index is 2.18. The Labute approximate surface area is 153 Å². The van der Waals surface area contributed by atoms with Gasteiger partial charge >= 0.3 is 18.1 Å². The molecule has 5 nitrogen and oxygen atoms in total. The third-order valence-electron chi connectivity index (χ3n) is 4.12. The molecule has 1 aliphatic rings. The largest absolute Gasteiger partial charge is 0.489 e. The zero-order valence-electron chi connectivity index (χ0n) is 14.7. The minimum absolute atomic E-state index is 0.0321. The number of carbonyl (C=O) groups excluding carboxylic acids is 1. The van der Waals surface area contributed by atoms with Crippen molar-refractivity contribution in [2.24, 2.45) is 0 Å². The number of nitrogens with zero attached hydrogens (tertiary/aromatic N) is 1. The molecule has 0 saturated carbocycles. The first-order chi connectivity index (χ1) is 12.5. The van der Waals surface area contributed by atoms with E-state index >= 15 is 0 Å². The van der Waals surface area contributed by atoms with E-state index in [9.17, 15) is 26.7 Å². The lowest BCUT2D eigenvalue weighted by Crippen LogP contribution is -2.37. The van der Waals surface area contributed by atoms with Crippen LogP contribution >= 0.6 is 0 Å². The Kier molecular flexibility index (Phi) is 6.50. The maximum Gasteiger partial charge on any atom is 0.458 e. The number of halogens is 5. The average Bonchev–Trinajstić information content (AvgIpc) is 3.03. The highest BCUT2D eigenvalue weighted by Crippen LogP contribution is 2.47. The number of hydrogen-bond donors (Lipinski definition) is 1. The van der Waals surface area contributed by atoms with E-state index in [1.807, 2.05) is 4.90 Å². The van der Waals surface area contributed by atoms with Crippen molar-refractivity contribution in [2.75, 3.05) is 32.0 Å². The SMILES string of the molecule is CC(=O)O[C@@H](COc1cc(N)ccc1C(F)(F)C(F)(F)F)CN1CCCC1. The lowest BCUT2D eigenvalue weighted by molar-refractivity contribution is -0.289. The fraction of sp³-hybridized carbons (Fsp3) is 0.588. The molecule has 0 aromatic heterocycles. The zero-order valence-corrected chi connectivity index (χ0v) is 14.7. The van der Waals surface area contributed by atoms with Crippen LogP contribution in [-0.2, 0) is 15.5 Å². The van der Waals surface area contributed by atoms with Gasteiger partial charge in [0.25, 0.3) is 0 Å². The molecule has 2 N–H and O–H groups in total. The van der Waals surface area contributed by atoms with Gasteiger partial charge in [-0.2, -0.15) is 22.0 Å².